The maximum absolute atomic E-state index is 11.5. The van der Waals surface area contributed by atoms with Gasteiger partial charge in [-0.05, 0) is 29.8 Å². The second kappa shape index (κ2) is 5.39. The molecule has 100 valence electrons. The second-order valence-electron chi connectivity index (χ2n) is 4.43. The summed E-state index contributed by atoms with van der Waals surface area (Å²) < 4.78 is 5.23. The van der Waals surface area contributed by atoms with Crippen LogP contribution in [0.5, 0.6) is 0 Å². The summed E-state index contributed by atoms with van der Waals surface area (Å²) >= 11 is 5.85. The van der Waals surface area contributed by atoms with Crippen LogP contribution in [0.1, 0.15) is 5.56 Å². The van der Waals surface area contributed by atoms with Gasteiger partial charge in [0.05, 0.1) is 0 Å². The van der Waals surface area contributed by atoms with E-state index in [-0.39, 0.29) is 11.5 Å². The molecule has 0 fully saturated rings. The van der Waals surface area contributed by atoms with Crippen molar-refractivity contribution in [3.05, 3.63) is 70.6 Å². The molecule has 20 heavy (non-hydrogen) atoms. The van der Waals surface area contributed by atoms with Crippen LogP contribution in [0.15, 0.2) is 63.8 Å². The Bertz CT molecular complexity index is 796. The minimum atomic E-state index is -0.384. The number of anilines is 2. The lowest BCUT2D eigenvalue weighted by Crippen LogP contribution is -1.99. The number of fused-ring (bicyclic) bond motifs is 1. The van der Waals surface area contributed by atoms with Gasteiger partial charge in [0.1, 0.15) is 5.58 Å². The number of hydrogen-bond donors (Lipinski definition) is 1. The van der Waals surface area contributed by atoms with Crippen LogP contribution in [0.2, 0.25) is 0 Å². The quantitative estimate of drug-likeness (QED) is 0.577. The summed E-state index contributed by atoms with van der Waals surface area (Å²) in [5, 5.41) is 4.12. The van der Waals surface area contributed by atoms with Crippen molar-refractivity contribution in [1.82, 2.24) is 0 Å². The highest BCUT2D eigenvalue weighted by Gasteiger charge is 2.05. The molecule has 0 bridgehead atoms. The van der Waals surface area contributed by atoms with Crippen LogP contribution >= 0.6 is 11.6 Å². The molecule has 0 spiro atoms. The summed E-state index contributed by atoms with van der Waals surface area (Å²) in [4.78, 5) is 11.5. The van der Waals surface area contributed by atoms with Crippen LogP contribution in [0.4, 0.5) is 11.4 Å². The molecular weight excluding hydrogens is 274 g/mol. The fourth-order valence-electron chi connectivity index (χ4n) is 2.11. The third-order valence-electron chi connectivity index (χ3n) is 3.04. The summed E-state index contributed by atoms with van der Waals surface area (Å²) in [7, 11) is 0. The maximum atomic E-state index is 11.5. The highest BCUT2D eigenvalue weighted by molar-refractivity contribution is 6.17. The van der Waals surface area contributed by atoms with Gasteiger partial charge in [-0.2, -0.15) is 0 Å². The Morgan fingerprint density at radius 1 is 1.00 bits per heavy atom. The number of alkyl halides is 1. The fourth-order valence-corrected chi connectivity index (χ4v) is 2.33. The lowest BCUT2D eigenvalue weighted by molar-refractivity contribution is 0.560. The Morgan fingerprint density at radius 3 is 2.55 bits per heavy atom. The fraction of sp³-hybridized carbons (Fsp3) is 0.0625. The lowest BCUT2D eigenvalue weighted by Gasteiger charge is -2.08. The Kier molecular flexibility index (Phi) is 3.44. The smallest absolute Gasteiger partial charge is 0.336 e. The van der Waals surface area contributed by atoms with Crippen molar-refractivity contribution in [2.75, 3.05) is 5.32 Å². The predicted octanol–water partition coefficient (Wildman–Crippen LogP) is 4.28. The molecule has 0 saturated carbocycles. The lowest BCUT2D eigenvalue weighted by atomic mass is 10.1. The molecule has 0 aliphatic carbocycles. The first-order valence-electron chi connectivity index (χ1n) is 6.21. The Hall–Kier alpha value is -2.26. The van der Waals surface area contributed by atoms with Gasteiger partial charge in [0.25, 0.3) is 0 Å². The molecule has 2 aromatic carbocycles. The largest absolute Gasteiger partial charge is 0.423 e. The standard InChI is InChI=1S/C16H12ClNO2/c17-10-11-8-16(19)20-15-9-13(6-7-14(11)15)18-12-4-2-1-3-5-12/h1-9,18H,10H2. The molecule has 0 unspecified atom stereocenters. The topological polar surface area (TPSA) is 42.2 Å². The van der Waals surface area contributed by atoms with E-state index in [0.29, 0.717) is 5.58 Å². The third kappa shape index (κ3) is 2.53. The zero-order chi connectivity index (χ0) is 13.9. The summed E-state index contributed by atoms with van der Waals surface area (Å²) in [6.07, 6.45) is 0. The molecule has 4 heteroatoms. The molecular formula is C16H12ClNO2. The van der Waals surface area contributed by atoms with E-state index in [1.807, 2.05) is 42.5 Å². The summed E-state index contributed by atoms with van der Waals surface area (Å²) in [5.41, 5.74) is 2.77. The van der Waals surface area contributed by atoms with Crippen LogP contribution in [0.25, 0.3) is 11.0 Å². The minimum absolute atomic E-state index is 0.285. The van der Waals surface area contributed by atoms with Gasteiger partial charge in [-0.15, -0.1) is 11.6 Å². The van der Waals surface area contributed by atoms with Crippen molar-refractivity contribution in [1.29, 1.82) is 0 Å². The summed E-state index contributed by atoms with van der Waals surface area (Å²) in [5.74, 6) is 0.285. The van der Waals surface area contributed by atoms with Gasteiger partial charge in [0, 0.05) is 34.8 Å². The van der Waals surface area contributed by atoms with Crippen LogP contribution in [0, 0.1) is 0 Å². The second-order valence-corrected chi connectivity index (χ2v) is 4.69. The number of nitrogens with one attached hydrogen (secondary N) is 1. The van der Waals surface area contributed by atoms with Gasteiger partial charge in [-0.1, -0.05) is 18.2 Å². The first kappa shape index (κ1) is 12.8. The first-order valence-corrected chi connectivity index (χ1v) is 6.74. The molecule has 3 nitrogen and oxygen atoms in total. The molecule has 1 aromatic heterocycles. The Morgan fingerprint density at radius 2 is 1.80 bits per heavy atom. The van der Waals surface area contributed by atoms with Crippen molar-refractivity contribution in [3.8, 4) is 0 Å². The molecule has 0 amide bonds. The van der Waals surface area contributed by atoms with Crippen molar-refractivity contribution >= 4 is 33.9 Å². The molecule has 1 heterocycles. The maximum Gasteiger partial charge on any atom is 0.336 e. The zero-order valence-electron chi connectivity index (χ0n) is 10.6. The molecule has 0 aliphatic rings. The summed E-state index contributed by atoms with van der Waals surface area (Å²) in [6.45, 7) is 0. The van der Waals surface area contributed by atoms with Crippen LogP contribution in [-0.4, -0.2) is 0 Å². The number of benzene rings is 2. The van der Waals surface area contributed by atoms with Gasteiger partial charge in [0.2, 0.25) is 0 Å². The van der Waals surface area contributed by atoms with Crippen molar-refractivity contribution in [3.63, 3.8) is 0 Å². The van der Waals surface area contributed by atoms with Crippen molar-refractivity contribution < 1.29 is 4.42 Å². The van der Waals surface area contributed by atoms with Crippen LogP contribution < -0.4 is 10.9 Å². The van der Waals surface area contributed by atoms with Crippen LogP contribution in [-0.2, 0) is 5.88 Å². The highest BCUT2D eigenvalue weighted by atomic mass is 35.5. The first-order chi connectivity index (χ1) is 9.76. The van der Waals surface area contributed by atoms with Gasteiger partial charge >= 0.3 is 5.63 Å². The number of halogens is 1. The van der Waals surface area contributed by atoms with Gasteiger partial charge in [-0.3, -0.25) is 0 Å². The van der Waals surface area contributed by atoms with Crippen molar-refractivity contribution in [2.45, 2.75) is 5.88 Å². The highest BCUT2D eigenvalue weighted by Crippen LogP contribution is 2.24. The molecule has 0 saturated heterocycles. The normalized spacial score (nSPS) is 10.7. The van der Waals surface area contributed by atoms with Gasteiger partial charge < -0.3 is 9.73 Å². The minimum Gasteiger partial charge on any atom is -0.423 e. The van der Waals surface area contributed by atoms with E-state index >= 15 is 0 Å². The number of rotatable bonds is 3. The van der Waals surface area contributed by atoms with E-state index in [0.717, 1.165) is 22.3 Å². The SMILES string of the molecule is O=c1cc(CCl)c2ccc(Nc3ccccc3)cc2o1. The average Bonchev–Trinajstić information content (AvgIpc) is 2.47. The number of hydrogen-bond acceptors (Lipinski definition) is 3. The van der Waals surface area contributed by atoms with Gasteiger partial charge in [0.15, 0.2) is 0 Å². The van der Waals surface area contributed by atoms with E-state index < -0.39 is 0 Å². The summed E-state index contributed by atoms with van der Waals surface area (Å²) in [6, 6.07) is 16.9. The molecule has 3 rings (SSSR count). The van der Waals surface area contributed by atoms with E-state index in [9.17, 15) is 4.79 Å². The molecule has 1 N–H and O–H groups in total. The van der Waals surface area contributed by atoms with Crippen molar-refractivity contribution in [2.24, 2.45) is 0 Å². The van der Waals surface area contributed by atoms with Gasteiger partial charge in [-0.25, -0.2) is 4.79 Å². The zero-order valence-corrected chi connectivity index (χ0v) is 11.4. The third-order valence-corrected chi connectivity index (χ3v) is 3.32. The molecule has 0 atom stereocenters. The Balaban J connectivity index is 2.05. The monoisotopic (exact) mass is 285 g/mol. The van der Waals surface area contributed by atoms with Crippen LogP contribution in [0.3, 0.4) is 0 Å². The van der Waals surface area contributed by atoms with E-state index in [1.54, 1.807) is 6.07 Å². The van der Waals surface area contributed by atoms with E-state index in [4.69, 9.17) is 16.0 Å². The molecule has 0 radical (unpaired) electrons. The predicted molar refractivity (Wildman–Crippen MR) is 81.8 cm³/mol. The average molecular weight is 286 g/mol. The Labute approximate surface area is 120 Å². The molecule has 0 aliphatic heterocycles. The van der Waals surface area contributed by atoms with E-state index in [2.05, 4.69) is 5.32 Å². The molecule has 3 aromatic rings. The van der Waals surface area contributed by atoms with E-state index in [1.165, 1.54) is 6.07 Å². The number of para-hydroxylation sites is 1.